The molecule has 0 spiro atoms. The van der Waals surface area contributed by atoms with Crippen LogP contribution >= 0.6 is 22.9 Å². The summed E-state index contributed by atoms with van der Waals surface area (Å²) < 4.78 is 0. The second kappa shape index (κ2) is 6.86. The Labute approximate surface area is 128 Å². The van der Waals surface area contributed by atoms with Crippen LogP contribution in [0.1, 0.15) is 35.7 Å². The zero-order valence-corrected chi connectivity index (χ0v) is 13.1. The third-order valence-corrected chi connectivity index (χ3v) is 4.20. The monoisotopic (exact) mass is 308 g/mol. The Kier molecular flexibility index (Phi) is 5.15. The average Bonchev–Trinajstić information content (AvgIpc) is 2.84. The quantitative estimate of drug-likeness (QED) is 0.909. The molecule has 0 radical (unpaired) electrons. The number of carbonyl (C=O) groups is 1. The summed E-state index contributed by atoms with van der Waals surface area (Å²) in [5, 5.41) is 6.66. The van der Waals surface area contributed by atoms with E-state index in [-0.39, 0.29) is 11.9 Å². The summed E-state index contributed by atoms with van der Waals surface area (Å²) >= 11 is 7.66. The minimum absolute atomic E-state index is 0.0167. The number of hydrogen-bond acceptors (Lipinski definition) is 3. The van der Waals surface area contributed by atoms with Crippen LogP contribution in [0, 0.1) is 6.92 Å². The molecule has 0 aliphatic heterocycles. The van der Waals surface area contributed by atoms with Crippen LogP contribution in [-0.4, -0.2) is 10.9 Å². The molecule has 1 N–H and O–H groups in total. The highest BCUT2D eigenvalue weighted by Crippen LogP contribution is 2.18. The number of halogens is 1. The molecule has 20 heavy (non-hydrogen) atoms. The maximum atomic E-state index is 11.9. The van der Waals surface area contributed by atoms with E-state index in [2.05, 4.69) is 10.3 Å². The van der Waals surface area contributed by atoms with E-state index >= 15 is 0 Å². The summed E-state index contributed by atoms with van der Waals surface area (Å²) in [5.41, 5.74) is 1.92. The average molecular weight is 309 g/mol. The van der Waals surface area contributed by atoms with E-state index in [1.165, 1.54) is 0 Å². The van der Waals surface area contributed by atoms with Crippen LogP contribution in [-0.2, 0) is 11.2 Å². The molecule has 1 amide bonds. The van der Waals surface area contributed by atoms with Crippen molar-refractivity contribution < 1.29 is 4.79 Å². The summed E-state index contributed by atoms with van der Waals surface area (Å²) in [5.74, 6) is 0.0167. The van der Waals surface area contributed by atoms with Crippen LogP contribution in [0.25, 0.3) is 0 Å². The number of aromatic nitrogens is 1. The van der Waals surface area contributed by atoms with Crippen molar-refractivity contribution in [3.63, 3.8) is 0 Å². The fourth-order valence-electron chi connectivity index (χ4n) is 1.92. The Morgan fingerprint density at radius 3 is 2.85 bits per heavy atom. The topological polar surface area (TPSA) is 42.0 Å². The molecule has 1 aromatic heterocycles. The molecule has 2 rings (SSSR count). The molecular formula is C15H17ClN2OS. The highest BCUT2D eigenvalue weighted by Gasteiger charge is 2.12. The minimum Gasteiger partial charge on any atom is -0.348 e. The van der Waals surface area contributed by atoms with Crippen LogP contribution in [0.3, 0.4) is 0 Å². The van der Waals surface area contributed by atoms with Crippen molar-refractivity contribution in [2.24, 2.45) is 0 Å². The Balaban J connectivity index is 1.85. The van der Waals surface area contributed by atoms with Gasteiger partial charge in [-0.05, 0) is 31.9 Å². The molecule has 0 unspecified atom stereocenters. The van der Waals surface area contributed by atoms with Crippen molar-refractivity contribution in [1.82, 2.24) is 10.3 Å². The predicted molar refractivity (Wildman–Crippen MR) is 83.2 cm³/mol. The second-order valence-corrected chi connectivity index (χ2v) is 6.14. The molecular weight excluding hydrogens is 292 g/mol. The van der Waals surface area contributed by atoms with E-state index in [9.17, 15) is 4.79 Å². The van der Waals surface area contributed by atoms with E-state index in [4.69, 9.17) is 11.6 Å². The number of benzene rings is 1. The number of thiazole rings is 1. The lowest BCUT2D eigenvalue weighted by atomic mass is 10.1. The molecule has 0 bridgehead atoms. The zero-order chi connectivity index (χ0) is 14.5. The van der Waals surface area contributed by atoms with Gasteiger partial charge in [-0.15, -0.1) is 11.3 Å². The van der Waals surface area contributed by atoms with Gasteiger partial charge in [-0.25, -0.2) is 4.98 Å². The molecule has 3 nitrogen and oxygen atoms in total. The summed E-state index contributed by atoms with van der Waals surface area (Å²) in [6, 6.07) is 7.55. The summed E-state index contributed by atoms with van der Waals surface area (Å²) in [6.07, 6.45) is 1.07. The number of hydrogen-bond donors (Lipinski definition) is 1. The molecule has 0 aliphatic carbocycles. The van der Waals surface area contributed by atoms with Crippen molar-refractivity contribution in [2.45, 2.75) is 32.7 Å². The van der Waals surface area contributed by atoms with Gasteiger partial charge in [0.05, 0.1) is 16.7 Å². The van der Waals surface area contributed by atoms with Gasteiger partial charge >= 0.3 is 0 Å². The maximum absolute atomic E-state index is 11.9. The normalized spacial score (nSPS) is 12.2. The third kappa shape index (κ3) is 4.05. The van der Waals surface area contributed by atoms with E-state index in [1.807, 2.05) is 43.5 Å². The van der Waals surface area contributed by atoms with E-state index < -0.39 is 0 Å². The fourth-order valence-corrected chi connectivity index (χ4v) is 2.85. The van der Waals surface area contributed by atoms with Gasteiger partial charge in [-0.1, -0.05) is 29.8 Å². The molecule has 0 fully saturated rings. The molecule has 1 heterocycles. The number of aryl methyl sites for hydroxylation is 2. The summed E-state index contributed by atoms with van der Waals surface area (Å²) in [7, 11) is 0. The Morgan fingerprint density at radius 1 is 1.45 bits per heavy atom. The van der Waals surface area contributed by atoms with E-state index in [0.29, 0.717) is 17.9 Å². The van der Waals surface area contributed by atoms with Crippen LogP contribution in [0.2, 0.25) is 5.02 Å². The lowest BCUT2D eigenvalue weighted by Gasteiger charge is -2.11. The first kappa shape index (κ1) is 15.0. The van der Waals surface area contributed by atoms with Crippen molar-refractivity contribution in [3.8, 4) is 0 Å². The van der Waals surface area contributed by atoms with Crippen molar-refractivity contribution in [3.05, 3.63) is 50.9 Å². The van der Waals surface area contributed by atoms with Gasteiger partial charge in [-0.2, -0.15) is 0 Å². The fraction of sp³-hybridized carbons (Fsp3) is 0.333. The lowest BCUT2D eigenvalue weighted by molar-refractivity contribution is -0.121. The van der Waals surface area contributed by atoms with Crippen molar-refractivity contribution in [1.29, 1.82) is 0 Å². The van der Waals surface area contributed by atoms with Crippen LogP contribution < -0.4 is 5.32 Å². The number of carbonyl (C=O) groups excluding carboxylic acids is 1. The number of nitrogens with one attached hydrogen (secondary N) is 1. The Hall–Kier alpha value is -1.39. The van der Waals surface area contributed by atoms with Gasteiger partial charge in [0.25, 0.3) is 0 Å². The predicted octanol–water partition coefficient (Wildman–Crippen LogP) is 3.91. The van der Waals surface area contributed by atoms with Crippen LogP contribution in [0.5, 0.6) is 0 Å². The zero-order valence-electron chi connectivity index (χ0n) is 11.5. The molecule has 1 aromatic carbocycles. The summed E-state index contributed by atoms with van der Waals surface area (Å²) in [6.45, 7) is 3.90. The van der Waals surface area contributed by atoms with Crippen molar-refractivity contribution in [2.75, 3.05) is 0 Å². The molecule has 106 valence electrons. The maximum Gasteiger partial charge on any atom is 0.220 e. The van der Waals surface area contributed by atoms with Gasteiger partial charge < -0.3 is 5.32 Å². The van der Waals surface area contributed by atoms with Gasteiger partial charge in [0.2, 0.25) is 5.91 Å². The Bertz CT molecular complexity index is 597. The molecule has 0 aliphatic rings. The van der Waals surface area contributed by atoms with Crippen LogP contribution in [0.15, 0.2) is 29.6 Å². The van der Waals surface area contributed by atoms with Gasteiger partial charge in [0.1, 0.15) is 0 Å². The molecule has 1 atom stereocenters. The highest BCUT2D eigenvalue weighted by molar-refractivity contribution is 7.09. The lowest BCUT2D eigenvalue weighted by Crippen LogP contribution is -2.27. The number of nitrogens with zero attached hydrogens (tertiary/aromatic N) is 1. The third-order valence-electron chi connectivity index (χ3n) is 3.04. The second-order valence-electron chi connectivity index (χ2n) is 4.67. The number of rotatable bonds is 5. The molecule has 5 heteroatoms. The molecule has 0 saturated carbocycles. The summed E-state index contributed by atoms with van der Waals surface area (Å²) in [4.78, 5) is 16.3. The highest BCUT2D eigenvalue weighted by atomic mass is 35.5. The smallest absolute Gasteiger partial charge is 0.220 e. The van der Waals surface area contributed by atoms with Crippen molar-refractivity contribution >= 4 is 28.8 Å². The van der Waals surface area contributed by atoms with Gasteiger partial charge in [0.15, 0.2) is 0 Å². The van der Waals surface area contributed by atoms with Crippen LogP contribution in [0.4, 0.5) is 0 Å². The SMILES string of the molecule is Cc1nc([C@H](C)NC(=O)CCc2ccccc2Cl)cs1. The van der Waals surface area contributed by atoms with Gasteiger partial charge in [-0.3, -0.25) is 4.79 Å². The first-order valence-corrected chi connectivity index (χ1v) is 7.77. The number of amides is 1. The first-order valence-electron chi connectivity index (χ1n) is 6.51. The first-order chi connectivity index (χ1) is 9.56. The largest absolute Gasteiger partial charge is 0.348 e. The van der Waals surface area contributed by atoms with E-state index in [1.54, 1.807) is 11.3 Å². The van der Waals surface area contributed by atoms with E-state index in [0.717, 1.165) is 16.3 Å². The van der Waals surface area contributed by atoms with Gasteiger partial charge in [0, 0.05) is 16.8 Å². The standard InChI is InChI=1S/C15H17ClN2OS/c1-10(14-9-20-11(2)18-14)17-15(19)8-7-12-5-3-4-6-13(12)16/h3-6,9-10H,7-8H2,1-2H3,(H,17,19)/t10-/m0/s1. The Morgan fingerprint density at radius 2 is 2.20 bits per heavy atom. The molecule has 2 aromatic rings. The minimum atomic E-state index is -0.0568. The molecule has 0 saturated heterocycles.